The van der Waals surface area contributed by atoms with Gasteiger partial charge in [0, 0.05) is 23.6 Å². The normalized spacial score (nSPS) is 12.9. The largest absolute Gasteiger partial charge is 0.444 e. The first-order valence-electron chi connectivity index (χ1n) is 3.27. The Morgan fingerprint density at radius 2 is 1.82 bits per heavy atom. The first kappa shape index (κ1) is 10.8. The minimum Gasteiger partial charge on any atom is -0.444 e. The number of carbonyl (C=O) groups excluding carboxylic acids is 1. The zero-order chi connectivity index (χ0) is 9.02. The molecule has 0 aliphatic rings. The Morgan fingerprint density at radius 3 is 2.09 bits per heavy atom. The molecule has 0 saturated heterocycles. The molecule has 0 bridgehead atoms. The van der Waals surface area contributed by atoms with E-state index in [-0.39, 0.29) is 12.0 Å². The van der Waals surface area contributed by atoms with E-state index in [2.05, 4.69) is 0 Å². The third kappa shape index (κ3) is 4.32. The van der Waals surface area contributed by atoms with Gasteiger partial charge in [-0.05, 0) is 12.8 Å². The molecule has 0 spiro atoms. The van der Waals surface area contributed by atoms with Crippen LogP contribution in [0.5, 0.6) is 0 Å². The molecule has 5 heteroatoms. The summed E-state index contributed by atoms with van der Waals surface area (Å²) >= 11 is 10.2. The van der Waals surface area contributed by atoms with Crippen molar-refractivity contribution in [3.63, 3.8) is 0 Å². The maximum atomic E-state index is 10.7. The molecule has 11 heavy (non-hydrogen) atoms. The molecule has 0 heterocycles. The van der Waals surface area contributed by atoms with E-state index in [0.29, 0.717) is 3.94 Å². The minimum atomic E-state index is -0.741. The summed E-state index contributed by atoms with van der Waals surface area (Å²) in [7, 11) is 0. The van der Waals surface area contributed by atoms with Crippen LogP contribution in [0.1, 0.15) is 20.8 Å². The van der Waals surface area contributed by atoms with Crippen molar-refractivity contribution in [2.45, 2.75) is 26.9 Å². The predicted molar refractivity (Wildman–Crippen MR) is 44.3 cm³/mol. The summed E-state index contributed by atoms with van der Waals surface area (Å²) in [5, 5.41) is 0. The van der Waals surface area contributed by atoms with Gasteiger partial charge in [-0.1, -0.05) is 13.8 Å². The Balaban J connectivity index is 3.76. The van der Waals surface area contributed by atoms with Crippen molar-refractivity contribution < 1.29 is 9.53 Å². The zero-order valence-electron chi connectivity index (χ0n) is 6.67. The van der Waals surface area contributed by atoms with E-state index in [1.807, 2.05) is 13.8 Å². The van der Waals surface area contributed by atoms with Gasteiger partial charge >= 0.3 is 6.09 Å². The molecule has 0 saturated carbocycles. The van der Waals surface area contributed by atoms with Crippen molar-refractivity contribution in [3.05, 3.63) is 0 Å². The van der Waals surface area contributed by atoms with E-state index in [1.165, 1.54) is 0 Å². The number of ether oxygens (including phenoxy) is 1. The molecular weight excluding hydrogens is 189 g/mol. The maximum absolute atomic E-state index is 10.7. The van der Waals surface area contributed by atoms with E-state index < -0.39 is 6.09 Å². The van der Waals surface area contributed by atoms with Crippen LogP contribution in [0.25, 0.3) is 0 Å². The first-order chi connectivity index (χ1) is 4.95. The molecule has 1 amide bonds. The van der Waals surface area contributed by atoms with E-state index in [0.717, 1.165) is 0 Å². The van der Waals surface area contributed by atoms with E-state index in [1.54, 1.807) is 6.92 Å². The lowest BCUT2D eigenvalue weighted by Crippen LogP contribution is -2.23. The molecule has 0 N–H and O–H groups in total. The van der Waals surface area contributed by atoms with Crippen LogP contribution in [-0.4, -0.2) is 16.1 Å². The van der Waals surface area contributed by atoms with Crippen molar-refractivity contribution in [1.82, 2.24) is 3.94 Å². The lowest BCUT2D eigenvalue weighted by atomic mass is 10.1. The number of carbonyl (C=O) groups is 1. The third-order valence-electron chi connectivity index (χ3n) is 1.36. The predicted octanol–water partition coefficient (Wildman–Crippen LogP) is 2.78. The highest BCUT2D eigenvalue weighted by atomic mass is 35.5. The second-order valence-corrected chi connectivity index (χ2v) is 3.41. The van der Waals surface area contributed by atoms with Crippen molar-refractivity contribution >= 4 is 29.6 Å². The lowest BCUT2D eigenvalue weighted by molar-refractivity contribution is 0.0771. The summed E-state index contributed by atoms with van der Waals surface area (Å²) in [6.07, 6.45) is -0.919. The Labute approximate surface area is 76.4 Å². The average Bonchev–Trinajstić information content (AvgIpc) is 1.87. The summed E-state index contributed by atoms with van der Waals surface area (Å²) in [6, 6.07) is 0. The average molecular weight is 200 g/mol. The van der Waals surface area contributed by atoms with Gasteiger partial charge in [0.2, 0.25) is 0 Å². The van der Waals surface area contributed by atoms with Crippen LogP contribution < -0.4 is 0 Å². The lowest BCUT2D eigenvalue weighted by Gasteiger charge is -2.16. The first-order valence-corrected chi connectivity index (χ1v) is 3.95. The topological polar surface area (TPSA) is 29.5 Å². The number of halogens is 2. The van der Waals surface area contributed by atoms with Gasteiger partial charge in [0.1, 0.15) is 6.10 Å². The molecule has 0 aliphatic heterocycles. The molecule has 0 aromatic carbocycles. The van der Waals surface area contributed by atoms with Gasteiger partial charge in [0.25, 0.3) is 0 Å². The standard InChI is InChI=1S/C6H11Cl2NO2/c1-4(2)5(3)11-6(10)9(7)8/h4-5H,1-3H3. The summed E-state index contributed by atoms with van der Waals surface area (Å²) in [5.74, 6) is 0.257. The number of amides is 1. The zero-order valence-corrected chi connectivity index (χ0v) is 8.19. The highest BCUT2D eigenvalue weighted by molar-refractivity contribution is 6.40. The molecule has 0 fully saturated rings. The van der Waals surface area contributed by atoms with E-state index in [9.17, 15) is 4.79 Å². The molecule has 1 unspecified atom stereocenters. The van der Waals surface area contributed by atoms with Crippen LogP contribution in [0.2, 0.25) is 0 Å². The Kier molecular flexibility index (Phi) is 4.61. The second kappa shape index (κ2) is 4.67. The van der Waals surface area contributed by atoms with Crippen LogP contribution >= 0.6 is 23.6 Å². The van der Waals surface area contributed by atoms with Gasteiger partial charge in [0.15, 0.2) is 0 Å². The molecular formula is C6H11Cl2NO2. The van der Waals surface area contributed by atoms with Gasteiger partial charge in [-0.2, -0.15) is 0 Å². The fraction of sp³-hybridized carbons (Fsp3) is 0.833. The van der Waals surface area contributed by atoms with Gasteiger partial charge in [-0.25, -0.2) is 4.79 Å². The summed E-state index contributed by atoms with van der Waals surface area (Å²) in [4.78, 5) is 10.7. The number of hydrogen-bond acceptors (Lipinski definition) is 2. The fourth-order valence-corrected chi connectivity index (χ4v) is 0.415. The van der Waals surface area contributed by atoms with Crippen LogP contribution in [-0.2, 0) is 4.74 Å². The Morgan fingerprint density at radius 1 is 1.36 bits per heavy atom. The summed E-state index contributed by atoms with van der Waals surface area (Å²) < 4.78 is 5.17. The summed E-state index contributed by atoms with van der Waals surface area (Å²) in [6.45, 7) is 5.65. The van der Waals surface area contributed by atoms with Gasteiger partial charge < -0.3 is 4.74 Å². The quantitative estimate of drug-likeness (QED) is 0.641. The maximum Gasteiger partial charge on any atom is 0.440 e. The molecule has 0 aromatic rings. The van der Waals surface area contributed by atoms with E-state index in [4.69, 9.17) is 28.3 Å². The van der Waals surface area contributed by atoms with Gasteiger partial charge in [-0.15, -0.1) is 3.94 Å². The third-order valence-corrected chi connectivity index (χ3v) is 1.64. The number of nitrogens with zero attached hydrogens (tertiary/aromatic N) is 1. The molecule has 0 aliphatic carbocycles. The fourth-order valence-electron chi connectivity index (χ4n) is 0.335. The van der Waals surface area contributed by atoms with Crippen molar-refractivity contribution in [2.24, 2.45) is 5.92 Å². The Hall–Kier alpha value is -0.150. The molecule has 0 aromatic heterocycles. The molecule has 66 valence electrons. The minimum absolute atomic E-state index is 0.178. The Bertz CT molecular complexity index is 139. The molecule has 0 radical (unpaired) electrons. The molecule has 3 nitrogen and oxygen atoms in total. The van der Waals surface area contributed by atoms with E-state index >= 15 is 0 Å². The van der Waals surface area contributed by atoms with Gasteiger partial charge in [-0.3, -0.25) is 0 Å². The van der Waals surface area contributed by atoms with Crippen molar-refractivity contribution in [2.75, 3.05) is 0 Å². The molecule has 0 rings (SSSR count). The SMILES string of the molecule is CC(C)C(C)OC(=O)N(Cl)Cl. The monoisotopic (exact) mass is 199 g/mol. The molecule has 1 atom stereocenters. The van der Waals surface area contributed by atoms with Crippen LogP contribution in [0.3, 0.4) is 0 Å². The van der Waals surface area contributed by atoms with Crippen molar-refractivity contribution in [1.29, 1.82) is 0 Å². The summed E-state index contributed by atoms with van der Waals surface area (Å²) in [5.41, 5.74) is 0. The smallest absolute Gasteiger partial charge is 0.440 e. The highest BCUT2D eigenvalue weighted by Crippen LogP contribution is 2.10. The van der Waals surface area contributed by atoms with Crippen LogP contribution in [0.15, 0.2) is 0 Å². The number of hydrogen-bond donors (Lipinski definition) is 0. The van der Waals surface area contributed by atoms with Crippen molar-refractivity contribution in [3.8, 4) is 0 Å². The highest BCUT2D eigenvalue weighted by Gasteiger charge is 2.16. The number of rotatable bonds is 2. The van der Waals surface area contributed by atoms with Crippen LogP contribution in [0.4, 0.5) is 4.79 Å². The second-order valence-electron chi connectivity index (χ2n) is 2.57. The van der Waals surface area contributed by atoms with Crippen LogP contribution in [0, 0.1) is 5.92 Å². The van der Waals surface area contributed by atoms with Gasteiger partial charge in [0.05, 0.1) is 0 Å².